The minimum Gasteiger partial charge on any atom is -0.484 e. The summed E-state index contributed by atoms with van der Waals surface area (Å²) in [7, 11) is 0. The third-order valence-electron chi connectivity index (χ3n) is 4.54. The van der Waals surface area contributed by atoms with Crippen LogP contribution in [0.25, 0.3) is 0 Å². The summed E-state index contributed by atoms with van der Waals surface area (Å²) in [4.78, 5) is 12.5. The second-order valence-corrected chi connectivity index (χ2v) is 7.57. The smallest absolute Gasteiger partial charge is 0.291 e. The molecule has 2 aromatic heterocycles. The summed E-state index contributed by atoms with van der Waals surface area (Å²) in [5, 5.41) is 7.81. The number of aromatic nitrogens is 2. The zero-order chi connectivity index (χ0) is 21.6. The van der Waals surface area contributed by atoms with Crippen molar-refractivity contribution in [2.24, 2.45) is 0 Å². The van der Waals surface area contributed by atoms with Crippen molar-refractivity contribution in [3.05, 3.63) is 100 Å². The van der Waals surface area contributed by atoms with Gasteiger partial charge in [0.05, 0.1) is 16.9 Å². The zero-order valence-corrected chi connectivity index (χ0v) is 17.9. The van der Waals surface area contributed by atoms with Gasteiger partial charge in [0.15, 0.2) is 5.76 Å². The average molecular weight is 456 g/mol. The van der Waals surface area contributed by atoms with Crippen molar-refractivity contribution in [3.63, 3.8) is 0 Å². The number of carbonyl (C=O) groups is 1. The van der Waals surface area contributed by atoms with Gasteiger partial charge in [-0.05, 0) is 36.2 Å². The lowest BCUT2D eigenvalue weighted by atomic mass is 10.1. The molecule has 0 saturated carbocycles. The maximum absolute atomic E-state index is 12.5. The number of carbonyl (C=O) groups excluding carboxylic acids is 1. The van der Waals surface area contributed by atoms with E-state index in [-0.39, 0.29) is 18.3 Å². The van der Waals surface area contributed by atoms with Crippen molar-refractivity contribution < 1.29 is 13.9 Å². The Morgan fingerprint density at radius 1 is 1.06 bits per heavy atom. The predicted octanol–water partition coefficient (Wildman–Crippen LogP) is 5.86. The molecule has 8 heteroatoms. The highest BCUT2D eigenvalue weighted by molar-refractivity contribution is 6.42. The number of ether oxygens (including phenoxy) is 1. The van der Waals surface area contributed by atoms with Gasteiger partial charge in [-0.25, -0.2) is 0 Å². The van der Waals surface area contributed by atoms with Gasteiger partial charge in [0.25, 0.3) is 5.91 Å². The number of furan rings is 1. The van der Waals surface area contributed by atoms with Gasteiger partial charge in [0.1, 0.15) is 23.1 Å². The summed E-state index contributed by atoms with van der Waals surface area (Å²) < 4.78 is 13.0. The first-order valence-electron chi connectivity index (χ1n) is 9.62. The lowest BCUT2D eigenvalue weighted by Gasteiger charge is -2.07. The monoisotopic (exact) mass is 455 g/mol. The SMILES string of the molecule is O=C(Nc1cnn(CCc2ccccc2)c1)c1ccc(COc2cccc(Cl)c2Cl)o1. The van der Waals surface area contributed by atoms with Crippen LogP contribution in [0.1, 0.15) is 21.9 Å². The molecular weight excluding hydrogens is 437 g/mol. The van der Waals surface area contributed by atoms with Crippen molar-refractivity contribution in [2.75, 3.05) is 5.32 Å². The quantitative estimate of drug-likeness (QED) is 0.361. The molecule has 0 bridgehead atoms. The molecule has 2 aromatic carbocycles. The second kappa shape index (κ2) is 9.73. The first kappa shape index (κ1) is 21.0. The van der Waals surface area contributed by atoms with Crippen LogP contribution in [0.3, 0.4) is 0 Å². The number of hydrogen-bond donors (Lipinski definition) is 1. The lowest BCUT2D eigenvalue weighted by Crippen LogP contribution is -2.10. The highest BCUT2D eigenvalue weighted by Crippen LogP contribution is 2.32. The number of benzene rings is 2. The standard InChI is InChI=1S/C23H19Cl2N3O3/c24-19-7-4-8-20(22(19)25)30-15-18-9-10-21(31-18)23(29)27-17-13-26-28(14-17)12-11-16-5-2-1-3-6-16/h1-10,13-14H,11-12,15H2,(H,27,29). The minimum atomic E-state index is -0.366. The number of aryl methyl sites for hydroxylation is 2. The third-order valence-corrected chi connectivity index (χ3v) is 5.34. The first-order chi connectivity index (χ1) is 15.1. The number of halogens is 2. The molecule has 31 heavy (non-hydrogen) atoms. The van der Waals surface area contributed by atoms with Gasteiger partial charge < -0.3 is 14.5 Å². The Balaban J connectivity index is 1.31. The Kier molecular flexibility index (Phi) is 6.60. The molecule has 0 aliphatic carbocycles. The molecule has 1 amide bonds. The lowest BCUT2D eigenvalue weighted by molar-refractivity contribution is 0.0992. The summed E-state index contributed by atoms with van der Waals surface area (Å²) in [6, 6.07) is 18.6. The van der Waals surface area contributed by atoms with Crippen LogP contribution in [0.15, 0.2) is 77.5 Å². The summed E-state index contributed by atoms with van der Waals surface area (Å²) >= 11 is 12.1. The number of hydrogen-bond acceptors (Lipinski definition) is 4. The number of anilines is 1. The molecule has 158 valence electrons. The van der Waals surface area contributed by atoms with E-state index in [1.165, 1.54) is 5.56 Å². The molecule has 0 fully saturated rings. The molecule has 0 aliphatic rings. The van der Waals surface area contributed by atoms with E-state index in [2.05, 4.69) is 22.5 Å². The van der Waals surface area contributed by atoms with Crippen LogP contribution in [0.4, 0.5) is 5.69 Å². The number of rotatable bonds is 8. The van der Waals surface area contributed by atoms with Crippen LogP contribution in [-0.4, -0.2) is 15.7 Å². The fourth-order valence-corrected chi connectivity index (χ4v) is 3.30. The van der Waals surface area contributed by atoms with E-state index in [1.54, 1.807) is 47.4 Å². The predicted molar refractivity (Wildman–Crippen MR) is 120 cm³/mol. The molecule has 2 heterocycles. The molecule has 4 rings (SSSR count). The highest BCUT2D eigenvalue weighted by Gasteiger charge is 2.14. The fraction of sp³-hybridized carbons (Fsp3) is 0.130. The van der Waals surface area contributed by atoms with Crippen LogP contribution in [0.2, 0.25) is 10.0 Å². The van der Waals surface area contributed by atoms with Gasteiger partial charge in [0.2, 0.25) is 0 Å². The summed E-state index contributed by atoms with van der Waals surface area (Å²) in [6.07, 6.45) is 4.25. The van der Waals surface area contributed by atoms with E-state index in [9.17, 15) is 4.79 Å². The maximum atomic E-state index is 12.5. The molecule has 4 aromatic rings. The van der Waals surface area contributed by atoms with Gasteiger partial charge in [-0.1, -0.05) is 59.6 Å². The van der Waals surface area contributed by atoms with Crippen molar-refractivity contribution in [2.45, 2.75) is 19.6 Å². The van der Waals surface area contributed by atoms with Crippen molar-refractivity contribution in [1.82, 2.24) is 9.78 Å². The second-order valence-electron chi connectivity index (χ2n) is 6.79. The average Bonchev–Trinajstić information content (AvgIpc) is 3.44. The fourth-order valence-electron chi connectivity index (χ4n) is 2.95. The molecule has 0 atom stereocenters. The van der Waals surface area contributed by atoms with Gasteiger partial charge >= 0.3 is 0 Å². The Bertz CT molecular complexity index is 1170. The van der Waals surface area contributed by atoms with E-state index in [0.717, 1.165) is 6.42 Å². The van der Waals surface area contributed by atoms with Crippen molar-refractivity contribution in [3.8, 4) is 5.75 Å². The van der Waals surface area contributed by atoms with Crippen LogP contribution >= 0.6 is 23.2 Å². The summed E-state index contributed by atoms with van der Waals surface area (Å²) in [5.74, 6) is 0.738. The molecule has 0 radical (unpaired) electrons. The topological polar surface area (TPSA) is 69.3 Å². The van der Waals surface area contributed by atoms with Crippen LogP contribution < -0.4 is 10.1 Å². The largest absolute Gasteiger partial charge is 0.484 e. The van der Waals surface area contributed by atoms with Crippen molar-refractivity contribution >= 4 is 34.8 Å². The van der Waals surface area contributed by atoms with Crippen LogP contribution in [0.5, 0.6) is 5.75 Å². The molecule has 6 nitrogen and oxygen atoms in total. The molecule has 0 unspecified atom stereocenters. The minimum absolute atomic E-state index is 0.116. The van der Waals surface area contributed by atoms with Gasteiger partial charge in [0, 0.05) is 12.7 Å². The van der Waals surface area contributed by atoms with E-state index in [4.69, 9.17) is 32.4 Å². The van der Waals surface area contributed by atoms with Crippen LogP contribution in [0, 0.1) is 0 Å². The summed E-state index contributed by atoms with van der Waals surface area (Å²) in [6.45, 7) is 0.832. The normalized spacial score (nSPS) is 10.8. The van der Waals surface area contributed by atoms with Gasteiger partial charge in [-0.15, -0.1) is 0 Å². The molecule has 1 N–H and O–H groups in total. The van der Waals surface area contributed by atoms with Gasteiger partial charge in [-0.2, -0.15) is 5.10 Å². The molecular formula is C23H19Cl2N3O3. The third kappa shape index (κ3) is 5.48. The van der Waals surface area contributed by atoms with Crippen LogP contribution in [-0.2, 0) is 19.6 Å². The first-order valence-corrected chi connectivity index (χ1v) is 10.4. The number of amides is 1. The number of nitrogens with one attached hydrogen (secondary N) is 1. The van der Waals surface area contributed by atoms with Crippen molar-refractivity contribution in [1.29, 1.82) is 0 Å². The summed E-state index contributed by atoms with van der Waals surface area (Å²) in [5.41, 5.74) is 1.82. The van der Waals surface area contributed by atoms with E-state index in [1.807, 2.05) is 18.2 Å². The van der Waals surface area contributed by atoms with Gasteiger partial charge in [-0.3, -0.25) is 9.48 Å². The van der Waals surface area contributed by atoms with E-state index < -0.39 is 0 Å². The Morgan fingerprint density at radius 2 is 1.90 bits per heavy atom. The Hall–Kier alpha value is -3.22. The molecule has 0 aliphatic heterocycles. The zero-order valence-electron chi connectivity index (χ0n) is 16.4. The Morgan fingerprint density at radius 3 is 2.74 bits per heavy atom. The molecule has 0 saturated heterocycles. The molecule has 0 spiro atoms. The Labute approximate surface area is 189 Å². The maximum Gasteiger partial charge on any atom is 0.291 e. The number of nitrogens with zero attached hydrogens (tertiary/aromatic N) is 2. The van der Waals surface area contributed by atoms with E-state index >= 15 is 0 Å². The van der Waals surface area contributed by atoms with E-state index in [0.29, 0.717) is 33.8 Å². The highest BCUT2D eigenvalue weighted by atomic mass is 35.5.